The molecule has 0 saturated heterocycles. The topological polar surface area (TPSA) is 67.4 Å². The van der Waals surface area contributed by atoms with Gasteiger partial charge < -0.3 is 10.1 Å². The van der Waals surface area contributed by atoms with Gasteiger partial charge in [-0.1, -0.05) is 0 Å². The second-order valence-corrected chi connectivity index (χ2v) is 5.71. The smallest absolute Gasteiger partial charge is 0.212 e. The van der Waals surface area contributed by atoms with Crippen LogP contribution in [0.4, 0.5) is 0 Å². The van der Waals surface area contributed by atoms with Crippen LogP contribution in [0.1, 0.15) is 19.3 Å². The molecule has 1 rings (SSSR count). The van der Waals surface area contributed by atoms with Gasteiger partial charge in [0.15, 0.2) is 0 Å². The molecule has 0 spiro atoms. The molecule has 0 radical (unpaired) electrons. The van der Waals surface area contributed by atoms with Gasteiger partial charge in [0.1, 0.15) is 0 Å². The zero-order valence-electron chi connectivity index (χ0n) is 9.16. The van der Waals surface area contributed by atoms with Crippen LogP contribution in [-0.4, -0.2) is 47.0 Å². The molecule has 15 heavy (non-hydrogen) atoms. The highest BCUT2D eigenvalue weighted by molar-refractivity contribution is 7.89. The first-order valence-corrected chi connectivity index (χ1v) is 6.99. The standard InChI is InChI=1S/C9H20N2O3S/c1-14-7-2-5-11-15(12,13)8-6-10-9-3-4-9/h9-11H,2-8H2,1H3. The first kappa shape index (κ1) is 12.9. The Balaban J connectivity index is 2.02. The van der Waals surface area contributed by atoms with Gasteiger partial charge in [-0.05, 0) is 19.3 Å². The van der Waals surface area contributed by atoms with Crippen LogP contribution in [0.5, 0.6) is 0 Å². The molecule has 90 valence electrons. The van der Waals surface area contributed by atoms with Crippen LogP contribution in [0, 0.1) is 0 Å². The zero-order chi connectivity index (χ0) is 11.1. The van der Waals surface area contributed by atoms with Gasteiger partial charge >= 0.3 is 0 Å². The Bertz CT molecular complexity index is 263. The van der Waals surface area contributed by atoms with E-state index < -0.39 is 10.0 Å². The largest absolute Gasteiger partial charge is 0.385 e. The maximum Gasteiger partial charge on any atom is 0.212 e. The van der Waals surface area contributed by atoms with Gasteiger partial charge in [-0.15, -0.1) is 0 Å². The predicted molar refractivity (Wildman–Crippen MR) is 59.3 cm³/mol. The Morgan fingerprint density at radius 1 is 1.33 bits per heavy atom. The number of nitrogens with one attached hydrogen (secondary N) is 2. The van der Waals surface area contributed by atoms with E-state index in [1.165, 1.54) is 12.8 Å². The molecular formula is C9H20N2O3S. The summed E-state index contributed by atoms with van der Waals surface area (Å²) in [4.78, 5) is 0. The first-order chi connectivity index (χ1) is 7.14. The third-order valence-corrected chi connectivity index (χ3v) is 3.61. The average molecular weight is 236 g/mol. The quantitative estimate of drug-likeness (QED) is 0.539. The SMILES string of the molecule is COCCCNS(=O)(=O)CCNC1CC1. The normalized spacial score (nSPS) is 16.9. The van der Waals surface area contributed by atoms with Crippen molar-refractivity contribution >= 4 is 10.0 Å². The molecule has 0 heterocycles. The van der Waals surface area contributed by atoms with E-state index in [1.54, 1.807) is 7.11 Å². The first-order valence-electron chi connectivity index (χ1n) is 5.34. The summed E-state index contributed by atoms with van der Waals surface area (Å²) in [6.07, 6.45) is 3.08. The third-order valence-electron chi connectivity index (χ3n) is 2.23. The van der Waals surface area contributed by atoms with Crippen LogP contribution in [-0.2, 0) is 14.8 Å². The van der Waals surface area contributed by atoms with Crippen LogP contribution < -0.4 is 10.0 Å². The predicted octanol–water partition coefficient (Wildman–Crippen LogP) is -0.306. The summed E-state index contributed by atoms with van der Waals surface area (Å²) in [5, 5.41) is 3.17. The molecule has 1 aliphatic rings. The van der Waals surface area contributed by atoms with Crippen molar-refractivity contribution in [2.45, 2.75) is 25.3 Å². The molecular weight excluding hydrogens is 216 g/mol. The van der Waals surface area contributed by atoms with Crippen LogP contribution >= 0.6 is 0 Å². The highest BCUT2D eigenvalue weighted by atomic mass is 32.2. The minimum atomic E-state index is -3.10. The van der Waals surface area contributed by atoms with Crippen molar-refractivity contribution in [2.24, 2.45) is 0 Å². The average Bonchev–Trinajstić information content (AvgIpc) is 2.96. The van der Waals surface area contributed by atoms with E-state index in [0.717, 1.165) is 0 Å². The van der Waals surface area contributed by atoms with Crippen LogP contribution in [0.3, 0.4) is 0 Å². The van der Waals surface area contributed by atoms with E-state index >= 15 is 0 Å². The summed E-state index contributed by atoms with van der Waals surface area (Å²) < 4.78 is 30.2. The summed E-state index contributed by atoms with van der Waals surface area (Å²) in [6.45, 7) is 1.59. The molecule has 2 N–H and O–H groups in total. The molecule has 0 amide bonds. The van der Waals surface area contributed by atoms with Crippen LogP contribution in [0.2, 0.25) is 0 Å². The summed E-state index contributed by atoms with van der Waals surface area (Å²) in [5.41, 5.74) is 0. The number of sulfonamides is 1. The fourth-order valence-electron chi connectivity index (χ4n) is 1.20. The van der Waals surface area contributed by atoms with Crippen LogP contribution in [0.15, 0.2) is 0 Å². The lowest BCUT2D eigenvalue weighted by Crippen LogP contribution is -2.33. The number of methoxy groups -OCH3 is 1. The van der Waals surface area contributed by atoms with Crippen molar-refractivity contribution < 1.29 is 13.2 Å². The van der Waals surface area contributed by atoms with Gasteiger partial charge in [-0.2, -0.15) is 0 Å². The Morgan fingerprint density at radius 2 is 2.07 bits per heavy atom. The maximum atomic E-state index is 11.4. The molecule has 1 saturated carbocycles. The second-order valence-electron chi connectivity index (χ2n) is 3.79. The Morgan fingerprint density at radius 3 is 2.67 bits per heavy atom. The minimum absolute atomic E-state index is 0.163. The van der Waals surface area contributed by atoms with E-state index in [0.29, 0.717) is 32.2 Å². The summed E-state index contributed by atoms with van der Waals surface area (Å²) in [5.74, 6) is 0.163. The van der Waals surface area contributed by atoms with E-state index in [1.807, 2.05) is 0 Å². The van der Waals surface area contributed by atoms with Crippen molar-refractivity contribution in [1.82, 2.24) is 10.0 Å². The number of ether oxygens (including phenoxy) is 1. The summed E-state index contributed by atoms with van der Waals surface area (Å²) >= 11 is 0. The molecule has 0 aromatic carbocycles. The fraction of sp³-hybridized carbons (Fsp3) is 1.00. The lowest BCUT2D eigenvalue weighted by Gasteiger charge is -2.06. The maximum absolute atomic E-state index is 11.4. The number of rotatable bonds is 9. The van der Waals surface area contributed by atoms with Gasteiger partial charge in [-0.3, -0.25) is 0 Å². The summed E-state index contributed by atoms with van der Waals surface area (Å²) in [7, 11) is -1.49. The molecule has 5 nitrogen and oxygen atoms in total. The van der Waals surface area contributed by atoms with Gasteiger partial charge in [0.05, 0.1) is 5.75 Å². The molecule has 1 fully saturated rings. The molecule has 0 aromatic heterocycles. The molecule has 6 heteroatoms. The second kappa shape index (κ2) is 6.42. The van der Waals surface area contributed by atoms with Gasteiger partial charge in [0.25, 0.3) is 0 Å². The lowest BCUT2D eigenvalue weighted by atomic mass is 10.5. The molecule has 0 atom stereocenters. The highest BCUT2D eigenvalue weighted by Gasteiger charge is 2.20. The van der Waals surface area contributed by atoms with Gasteiger partial charge in [0.2, 0.25) is 10.0 Å². The van der Waals surface area contributed by atoms with E-state index in [-0.39, 0.29) is 5.75 Å². The van der Waals surface area contributed by atoms with Crippen molar-refractivity contribution in [1.29, 1.82) is 0 Å². The van der Waals surface area contributed by atoms with Gasteiger partial charge in [0, 0.05) is 32.8 Å². The lowest BCUT2D eigenvalue weighted by molar-refractivity contribution is 0.196. The Labute approximate surface area is 91.6 Å². The number of hydrogen-bond donors (Lipinski definition) is 2. The molecule has 0 aromatic rings. The zero-order valence-corrected chi connectivity index (χ0v) is 9.98. The van der Waals surface area contributed by atoms with E-state index in [4.69, 9.17) is 4.74 Å². The fourth-order valence-corrected chi connectivity index (χ4v) is 2.19. The van der Waals surface area contributed by atoms with E-state index in [2.05, 4.69) is 10.0 Å². The van der Waals surface area contributed by atoms with Crippen molar-refractivity contribution in [3.63, 3.8) is 0 Å². The van der Waals surface area contributed by atoms with Gasteiger partial charge in [-0.25, -0.2) is 13.1 Å². The van der Waals surface area contributed by atoms with Crippen LogP contribution in [0.25, 0.3) is 0 Å². The summed E-state index contributed by atoms with van der Waals surface area (Å²) in [6, 6.07) is 0.564. The van der Waals surface area contributed by atoms with Crippen molar-refractivity contribution in [2.75, 3.05) is 32.6 Å². The minimum Gasteiger partial charge on any atom is -0.385 e. The third kappa shape index (κ3) is 6.83. The molecule has 0 bridgehead atoms. The molecule has 0 aliphatic heterocycles. The van der Waals surface area contributed by atoms with Crippen molar-refractivity contribution in [3.8, 4) is 0 Å². The molecule has 0 unspecified atom stereocenters. The Hall–Kier alpha value is -0.170. The highest BCUT2D eigenvalue weighted by Crippen LogP contribution is 2.17. The Kier molecular flexibility index (Phi) is 5.52. The van der Waals surface area contributed by atoms with Crippen molar-refractivity contribution in [3.05, 3.63) is 0 Å². The van der Waals surface area contributed by atoms with E-state index in [9.17, 15) is 8.42 Å². The monoisotopic (exact) mass is 236 g/mol. The number of hydrogen-bond acceptors (Lipinski definition) is 4. The molecule has 1 aliphatic carbocycles.